The highest BCUT2D eigenvalue weighted by molar-refractivity contribution is 5.94. The van der Waals surface area contributed by atoms with E-state index in [1.54, 1.807) is 29.2 Å². The van der Waals surface area contributed by atoms with Gasteiger partial charge in [0, 0.05) is 43.9 Å². The fraction of sp³-hybridized carbons (Fsp3) is 0.440. The van der Waals surface area contributed by atoms with Crippen molar-refractivity contribution in [1.29, 1.82) is 0 Å². The zero-order chi connectivity index (χ0) is 24.3. The third-order valence-electron chi connectivity index (χ3n) is 7.19. The summed E-state index contributed by atoms with van der Waals surface area (Å²) >= 11 is 0. The van der Waals surface area contributed by atoms with Crippen molar-refractivity contribution in [3.63, 3.8) is 0 Å². The fourth-order valence-electron chi connectivity index (χ4n) is 5.53. The summed E-state index contributed by atoms with van der Waals surface area (Å²) in [7, 11) is 0. The summed E-state index contributed by atoms with van der Waals surface area (Å²) in [6.45, 7) is 4.24. The molecule has 0 unspecified atom stereocenters. The lowest BCUT2D eigenvalue weighted by atomic mass is 9.71. The third-order valence-corrected chi connectivity index (χ3v) is 7.19. The van der Waals surface area contributed by atoms with E-state index in [-0.39, 0.29) is 29.4 Å². The van der Waals surface area contributed by atoms with E-state index < -0.39 is 0 Å². The van der Waals surface area contributed by atoms with Crippen LogP contribution in [0.1, 0.15) is 53.7 Å². The fourth-order valence-corrected chi connectivity index (χ4v) is 5.53. The van der Waals surface area contributed by atoms with Crippen LogP contribution >= 0.6 is 0 Å². The van der Waals surface area contributed by atoms with Crippen LogP contribution in [0.15, 0.2) is 55.1 Å². The van der Waals surface area contributed by atoms with Crippen LogP contribution in [0.3, 0.4) is 0 Å². The molecule has 1 saturated heterocycles. The van der Waals surface area contributed by atoms with Gasteiger partial charge in [-0.25, -0.2) is 4.68 Å². The van der Waals surface area contributed by atoms with E-state index in [1.165, 1.54) is 11.9 Å². The molecule has 182 valence electrons. The van der Waals surface area contributed by atoms with Crippen LogP contribution in [0.2, 0.25) is 0 Å². The second kappa shape index (κ2) is 9.91. The number of pyridine rings is 1. The number of likely N-dealkylation sites (tertiary alicyclic amines) is 1. The molecule has 10 heteroatoms. The molecule has 2 aliphatic rings. The van der Waals surface area contributed by atoms with Crippen LogP contribution in [0.25, 0.3) is 0 Å². The number of hydrogen-bond donors (Lipinski definition) is 1. The number of fused-ring (bicyclic) bond motifs is 2. The van der Waals surface area contributed by atoms with Gasteiger partial charge in [-0.05, 0) is 53.5 Å². The summed E-state index contributed by atoms with van der Waals surface area (Å²) in [6.07, 6.45) is 6.41. The van der Waals surface area contributed by atoms with Crippen LogP contribution in [0.4, 0.5) is 0 Å². The van der Waals surface area contributed by atoms with Crippen LogP contribution in [0.5, 0.6) is 0 Å². The average molecular weight is 476 g/mol. The van der Waals surface area contributed by atoms with Crippen molar-refractivity contribution in [3.05, 3.63) is 71.8 Å². The summed E-state index contributed by atoms with van der Waals surface area (Å²) < 4.78 is 7.93. The van der Waals surface area contributed by atoms with E-state index in [1.807, 2.05) is 24.0 Å². The van der Waals surface area contributed by atoms with Crippen molar-refractivity contribution in [1.82, 2.24) is 35.4 Å². The number of tetrazole rings is 1. The number of ether oxygens (including phenoxy) is 1. The molecule has 2 amide bonds. The number of piperidine rings is 1. The lowest BCUT2D eigenvalue weighted by molar-refractivity contribution is -0.134. The zero-order valence-electron chi connectivity index (χ0n) is 19.7. The van der Waals surface area contributed by atoms with E-state index in [0.717, 1.165) is 18.4 Å². The highest BCUT2D eigenvalue weighted by Crippen LogP contribution is 2.52. The smallest absolute Gasteiger partial charge is 0.253 e. The molecular weight excluding hydrogens is 446 g/mol. The van der Waals surface area contributed by atoms with Gasteiger partial charge >= 0.3 is 0 Å². The van der Waals surface area contributed by atoms with Gasteiger partial charge in [0.25, 0.3) is 5.91 Å². The molecule has 0 saturated carbocycles. The molecule has 5 rings (SSSR count). The van der Waals surface area contributed by atoms with Crippen molar-refractivity contribution in [2.75, 3.05) is 19.7 Å². The van der Waals surface area contributed by atoms with Crippen molar-refractivity contribution in [2.45, 2.75) is 50.3 Å². The Hall–Kier alpha value is -3.66. The largest absolute Gasteiger partial charge is 0.375 e. The quantitative estimate of drug-likeness (QED) is 0.555. The van der Waals surface area contributed by atoms with E-state index >= 15 is 0 Å². The van der Waals surface area contributed by atoms with E-state index in [0.29, 0.717) is 38.2 Å². The molecular formula is C25H29N7O3. The topological polar surface area (TPSA) is 115 Å². The van der Waals surface area contributed by atoms with Crippen molar-refractivity contribution in [3.8, 4) is 0 Å². The maximum Gasteiger partial charge on any atom is 0.253 e. The Morgan fingerprint density at radius 3 is 2.71 bits per heavy atom. The molecule has 0 bridgehead atoms. The first-order valence-corrected chi connectivity index (χ1v) is 12.0. The van der Waals surface area contributed by atoms with E-state index in [9.17, 15) is 9.59 Å². The number of carbonyl (C=O) groups is 2. The van der Waals surface area contributed by atoms with Gasteiger partial charge in [-0.1, -0.05) is 24.3 Å². The first kappa shape index (κ1) is 23.1. The van der Waals surface area contributed by atoms with Crippen LogP contribution < -0.4 is 5.32 Å². The monoisotopic (exact) mass is 475 g/mol. The Kier molecular flexibility index (Phi) is 6.54. The van der Waals surface area contributed by atoms with Gasteiger partial charge in [-0.2, -0.15) is 0 Å². The number of carbonyl (C=O) groups excluding carboxylic acids is 2. The minimum Gasteiger partial charge on any atom is -0.375 e. The molecule has 1 fully saturated rings. The minimum atomic E-state index is -0.277. The Morgan fingerprint density at radius 2 is 2.00 bits per heavy atom. The predicted molar refractivity (Wildman–Crippen MR) is 126 cm³/mol. The Balaban J connectivity index is 1.35. The molecule has 1 spiro atoms. The summed E-state index contributed by atoms with van der Waals surface area (Å²) in [5.41, 5.74) is 2.54. The molecule has 3 aromatic rings. The van der Waals surface area contributed by atoms with Crippen LogP contribution in [-0.2, 0) is 21.5 Å². The number of aryl methyl sites for hydroxylation is 1. The number of aromatic nitrogens is 5. The number of hydrogen-bond acceptors (Lipinski definition) is 7. The van der Waals surface area contributed by atoms with E-state index in [4.69, 9.17) is 4.74 Å². The predicted octanol–water partition coefficient (Wildman–Crippen LogP) is 1.91. The number of nitrogens with one attached hydrogen (secondary N) is 1. The minimum absolute atomic E-state index is 0.0935. The Morgan fingerprint density at radius 1 is 1.17 bits per heavy atom. The van der Waals surface area contributed by atoms with Crippen molar-refractivity contribution < 1.29 is 14.3 Å². The van der Waals surface area contributed by atoms with Gasteiger partial charge in [-0.15, -0.1) is 5.10 Å². The summed E-state index contributed by atoms with van der Waals surface area (Å²) in [4.78, 5) is 31.9. The highest BCUT2D eigenvalue weighted by Gasteiger charge is 2.54. The van der Waals surface area contributed by atoms with Crippen molar-refractivity contribution >= 4 is 11.8 Å². The maximum atomic E-state index is 13.1. The van der Waals surface area contributed by atoms with Crippen molar-refractivity contribution in [2.24, 2.45) is 0 Å². The maximum absolute atomic E-state index is 13.1. The van der Waals surface area contributed by atoms with Gasteiger partial charge in [0.15, 0.2) is 0 Å². The lowest BCUT2D eigenvalue weighted by Crippen LogP contribution is -2.52. The molecule has 1 N–H and O–H groups in total. The van der Waals surface area contributed by atoms with Gasteiger partial charge in [0.05, 0.1) is 24.3 Å². The zero-order valence-corrected chi connectivity index (χ0v) is 19.7. The molecule has 3 heterocycles. The number of rotatable bonds is 7. The second-order valence-corrected chi connectivity index (χ2v) is 9.02. The molecule has 35 heavy (non-hydrogen) atoms. The summed E-state index contributed by atoms with van der Waals surface area (Å²) in [5.74, 6) is -0.0779. The third kappa shape index (κ3) is 4.41. The molecule has 10 nitrogen and oxygen atoms in total. The van der Waals surface area contributed by atoms with Crippen LogP contribution in [0, 0.1) is 0 Å². The Labute approximate surface area is 203 Å². The number of benzene rings is 1. The van der Waals surface area contributed by atoms with Gasteiger partial charge in [0.1, 0.15) is 6.33 Å². The lowest BCUT2D eigenvalue weighted by Gasteiger charge is -2.44. The normalized spacial score (nSPS) is 20.5. The highest BCUT2D eigenvalue weighted by atomic mass is 16.5. The van der Waals surface area contributed by atoms with Crippen LogP contribution in [-0.4, -0.2) is 67.7 Å². The Bertz CT molecular complexity index is 1160. The van der Waals surface area contributed by atoms with Gasteiger partial charge < -0.3 is 15.0 Å². The molecule has 0 radical (unpaired) electrons. The number of amides is 2. The second-order valence-electron chi connectivity index (χ2n) is 9.02. The molecule has 1 aliphatic carbocycles. The summed E-state index contributed by atoms with van der Waals surface area (Å²) in [5, 5.41) is 14.3. The molecule has 1 aromatic carbocycles. The average Bonchev–Trinajstić information content (AvgIpc) is 3.51. The van der Waals surface area contributed by atoms with E-state index in [2.05, 4.69) is 38.0 Å². The summed E-state index contributed by atoms with van der Waals surface area (Å²) in [6, 6.07) is 11.5. The van der Waals surface area contributed by atoms with Gasteiger partial charge in [-0.3, -0.25) is 14.6 Å². The first-order valence-electron chi connectivity index (χ1n) is 12.0. The SMILES string of the molecule is CCO[C@H]1[C@H](NC(=O)c2cccnc2)c2ccccc2C12CCN(C(=O)CCn1cnnn1)CC2. The molecule has 2 atom stereocenters. The standard InChI is InChI=1S/C25H29N7O3/c1-2-35-23-22(28-24(34)18-6-5-12-26-16-18)19-7-3-4-8-20(19)25(23)10-14-31(15-11-25)21(33)9-13-32-17-27-29-30-32/h3-8,12,16-17,22-23H,2,9-11,13-15H2,1H3,(H,28,34)/t22-,23+/m1/s1. The molecule has 2 aromatic heterocycles. The first-order chi connectivity index (χ1) is 17.1. The molecule has 1 aliphatic heterocycles. The number of nitrogens with zero attached hydrogens (tertiary/aromatic N) is 6. The van der Waals surface area contributed by atoms with Gasteiger partial charge in [0.2, 0.25) is 5.91 Å².